The first-order valence-electron chi connectivity index (χ1n) is 6.68. The van der Waals surface area contributed by atoms with Crippen molar-refractivity contribution in [1.29, 1.82) is 0 Å². The van der Waals surface area contributed by atoms with Crippen LogP contribution in [0.3, 0.4) is 0 Å². The number of amides is 2. The van der Waals surface area contributed by atoms with Gasteiger partial charge >= 0.3 is 12.0 Å². The molecule has 21 heavy (non-hydrogen) atoms. The van der Waals surface area contributed by atoms with Gasteiger partial charge in [0.25, 0.3) is 0 Å². The van der Waals surface area contributed by atoms with Crippen molar-refractivity contribution < 1.29 is 19.4 Å². The lowest BCUT2D eigenvalue weighted by Crippen LogP contribution is -2.44. The number of urea groups is 1. The summed E-state index contributed by atoms with van der Waals surface area (Å²) < 4.78 is 5.07. The topological polar surface area (TPSA) is 87.7 Å². The Bertz CT molecular complexity index is 497. The lowest BCUT2D eigenvalue weighted by Gasteiger charge is -2.21. The smallest absolute Gasteiger partial charge is 0.315 e. The highest BCUT2D eigenvalue weighted by Crippen LogP contribution is 2.17. The molecule has 0 aliphatic heterocycles. The van der Waals surface area contributed by atoms with Crippen molar-refractivity contribution in [2.24, 2.45) is 5.41 Å². The summed E-state index contributed by atoms with van der Waals surface area (Å²) in [5.41, 5.74) is -0.0656. The van der Waals surface area contributed by atoms with Crippen molar-refractivity contribution in [2.75, 3.05) is 13.7 Å². The number of rotatable bonds is 6. The van der Waals surface area contributed by atoms with Crippen LogP contribution >= 0.6 is 0 Å². The Balaban J connectivity index is 2.52. The van der Waals surface area contributed by atoms with Gasteiger partial charge in [0.05, 0.1) is 18.6 Å². The maximum atomic E-state index is 11.8. The van der Waals surface area contributed by atoms with Crippen molar-refractivity contribution in [2.45, 2.75) is 26.8 Å². The van der Waals surface area contributed by atoms with Crippen LogP contribution in [-0.2, 0) is 4.79 Å². The number of carbonyl (C=O) groups is 2. The van der Waals surface area contributed by atoms with Gasteiger partial charge in [0.1, 0.15) is 5.75 Å². The van der Waals surface area contributed by atoms with Crippen LogP contribution in [-0.4, -0.2) is 30.8 Å². The molecule has 0 saturated carbocycles. The van der Waals surface area contributed by atoms with Crippen molar-refractivity contribution in [3.8, 4) is 5.75 Å². The third-order valence-corrected chi connectivity index (χ3v) is 3.23. The van der Waals surface area contributed by atoms with Gasteiger partial charge in [0.2, 0.25) is 0 Å². The fourth-order valence-corrected chi connectivity index (χ4v) is 1.60. The number of benzene rings is 1. The van der Waals surface area contributed by atoms with Crippen molar-refractivity contribution in [3.05, 3.63) is 29.8 Å². The maximum Gasteiger partial charge on any atom is 0.315 e. The molecule has 1 rings (SSSR count). The number of methoxy groups -OCH3 is 1. The molecule has 116 valence electrons. The molecule has 0 bridgehead atoms. The van der Waals surface area contributed by atoms with E-state index in [9.17, 15) is 9.59 Å². The Labute approximate surface area is 124 Å². The number of aliphatic carboxylic acids is 1. The molecule has 0 aromatic heterocycles. The molecular formula is C15H22N2O4. The SMILES string of the molecule is COc1ccc(C(C)NC(=O)NCC(C)(C)C(=O)O)cc1. The van der Waals surface area contributed by atoms with Gasteiger partial charge in [0.15, 0.2) is 0 Å². The van der Waals surface area contributed by atoms with Gasteiger partial charge in [0, 0.05) is 6.54 Å². The van der Waals surface area contributed by atoms with Crippen LogP contribution in [0.2, 0.25) is 0 Å². The molecule has 1 atom stereocenters. The fourth-order valence-electron chi connectivity index (χ4n) is 1.60. The first-order chi connectivity index (χ1) is 9.76. The minimum atomic E-state index is -0.999. The molecule has 1 unspecified atom stereocenters. The van der Waals surface area contributed by atoms with E-state index in [1.165, 1.54) is 0 Å². The summed E-state index contributed by atoms with van der Waals surface area (Å²) in [5, 5.41) is 14.3. The van der Waals surface area contributed by atoms with Crippen molar-refractivity contribution in [3.63, 3.8) is 0 Å². The van der Waals surface area contributed by atoms with Crippen LogP contribution in [0.4, 0.5) is 4.79 Å². The van der Waals surface area contributed by atoms with Gasteiger partial charge in [-0.05, 0) is 38.5 Å². The number of carbonyl (C=O) groups excluding carboxylic acids is 1. The van der Waals surface area contributed by atoms with E-state index < -0.39 is 17.4 Å². The predicted molar refractivity (Wildman–Crippen MR) is 79.4 cm³/mol. The molecule has 0 radical (unpaired) electrons. The van der Waals surface area contributed by atoms with Gasteiger partial charge in [-0.2, -0.15) is 0 Å². The third kappa shape index (κ3) is 4.98. The molecule has 2 amide bonds. The molecule has 0 heterocycles. The summed E-state index contributed by atoms with van der Waals surface area (Å²) in [4.78, 5) is 22.7. The summed E-state index contributed by atoms with van der Waals surface area (Å²) in [5.74, 6) is -0.204. The second kappa shape index (κ2) is 6.97. The second-order valence-electron chi connectivity index (χ2n) is 5.51. The number of nitrogens with one attached hydrogen (secondary N) is 2. The number of hydrogen-bond acceptors (Lipinski definition) is 3. The number of carboxylic acids is 1. The summed E-state index contributed by atoms with van der Waals surface area (Å²) >= 11 is 0. The monoisotopic (exact) mass is 294 g/mol. The maximum absolute atomic E-state index is 11.8. The predicted octanol–water partition coefficient (Wildman–Crippen LogP) is 2.17. The number of carboxylic acid groups (broad SMARTS) is 1. The molecule has 6 heteroatoms. The zero-order valence-corrected chi connectivity index (χ0v) is 12.8. The van der Waals surface area contributed by atoms with Crippen LogP contribution in [0.1, 0.15) is 32.4 Å². The molecule has 0 saturated heterocycles. The van der Waals surface area contributed by atoms with Crippen LogP contribution in [0.25, 0.3) is 0 Å². The van der Waals surface area contributed by atoms with Gasteiger partial charge in [-0.3, -0.25) is 4.79 Å². The van der Waals surface area contributed by atoms with Crippen LogP contribution in [0.5, 0.6) is 5.75 Å². The molecule has 0 aliphatic carbocycles. The molecular weight excluding hydrogens is 272 g/mol. The Morgan fingerprint density at radius 1 is 1.29 bits per heavy atom. The first kappa shape index (κ1) is 16.8. The molecule has 6 nitrogen and oxygen atoms in total. The average Bonchev–Trinajstić information content (AvgIpc) is 2.45. The lowest BCUT2D eigenvalue weighted by atomic mass is 9.94. The highest BCUT2D eigenvalue weighted by Gasteiger charge is 2.27. The lowest BCUT2D eigenvalue weighted by molar-refractivity contribution is -0.146. The van der Waals surface area contributed by atoms with E-state index in [1.807, 2.05) is 31.2 Å². The highest BCUT2D eigenvalue weighted by atomic mass is 16.5. The van der Waals surface area contributed by atoms with Gasteiger partial charge in [-0.1, -0.05) is 12.1 Å². The van der Waals surface area contributed by atoms with E-state index in [2.05, 4.69) is 10.6 Å². The standard InChI is InChI=1S/C15H22N2O4/c1-10(11-5-7-12(21-4)8-6-11)17-14(20)16-9-15(2,3)13(18)19/h5-8,10H,9H2,1-4H3,(H,18,19)(H2,16,17,20). The van der Waals surface area contributed by atoms with E-state index in [1.54, 1.807) is 21.0 Å². The molecule has 0 aliphatic rings. The Hall–Kier alpha value is -2.24. The molecule has 3 N–H and O–H groups in total. The van der Waals surface area contributed by atoms with Crippen LogP contribution in [0, 0.1) is 5.41 Å². The van der Waals surface area contributed by atoms with Gasteiger partial charge in [-0.15, -0.1) is 0 Å². The van der Waals surface area contributed by atoms with Crippen molar-refractivity contribution in [1.82, 2.24) is 10.6 Å². The second-order valence-corrected chi connectivity index (χ2v) is 5.51. The zero-order chi connectivity index (χ0) is 16.0. The van der Waals surface area contributed by atoms with Gasteiger partial charge in [-0.25, -0.2) is 4.79 Å². The Kier molecular flexibility index (Phi) is 5.58. The van der Waals surface area contributed by atoms with E-state index in [4.69, 9.17) is 9.84 Å². The summed E-state index contributed by atoms with van der Waals surface area (Å²) in [6.45, 7) is 5.03. The van der Waals surface area contributed by atoms with E-state index in [0.717, 1.165) is 11.3 Å². The third-order valence-electron chi connectivity index (χ3n) is 3.23. The van der Waals surface area contributed by atoms with Crippen LogP contribution < -0.4 is 15.4 Å². The van der Waals surface area contributed by atoms with E-state index >= 15 is 0 Å². The Morgan fingerprint density at radius 3 is 2.33 bits per heavy atom. The minimum absolute atomic E-state index is 0.0590. The first-order valence-corrected chi connectivity index (χ1v) is 6.68. The fraction of sp³-hybridized carbons (Fsp3) is 0.467. The molecule has 0 fully saturated rings. The minimum Gasteiger partial charge on any atom is -0.497 e. The highest BCUT2D eigenvalue weighted by molar-refractivity contribution is 5.77. The Morgan fingerprint density at radius 2 is 1.86 bits per heavy atom. The number of hydrogen-bond donors (Lipinski definition) is 3. The van der Waals surface area contributed by atoms with Crippen LogP contribution in [0.15, 0.2) is 24.3 Å². The normalized spacial score (nSPS) is 12.4. The van der Waals surface area contributed by atoms with Crippen molar-refractivity contribution >= 4 is 12.0 Å². The molecule has 1 aromatic rings. The average molecular weight is 294 g/mol. The summed E-state index contributed by atoms with van der Waals surface area (Å²) in [6.07, 6.45) is 0. The largest absolute Gasteiger partial charge is 0.497 e. The van der Waals surface area contributed by atoms with Gasteiger partial charge < -0.3 is 20.5 Å². The summed E-state index contributed by atoms with van der Waals surface area (Å²) in [7, 11) is 1.59. The zero-order valence-electron chi connectivity index (χ0n) is 12.8. The van der Waals surface area contributed by atoms with E-state index in [-0.39, 0.29) is 12.6 Å². The summed E-state index contributed by atoms with van der Waals surface area (Å²) in [6, 6.07) is 6.78. The number of ether oxygens (including phenoxy) is 1. The molecule has 1 aromatic carbocycles. The molecule has 0 spiro atoms. The quantitative estimate of drug-likeness (QED) is 0.750. The van der Waals surface area contributed by atoms with E-state index in [0.29, 0.717) is 0 Å².